The Hall–Kier alpha value is -1.39. The first-order valence-corrected chi connectivity index (χ1v) is 8.88. The van der Waals surface area contributed by atoms with Gasteiger partial charge in [-0.3, -0.25) is 0 Å². The summed E-state index contributed by atoms with van der Waals surface area (Å²) < 4.78 is 24.9. The van der Waals surface area contributed by atoms with Gasteiger partial charge < -0.3 is 0 Å². The lowest BCUT2D eigenvalue weighted by Crippen LogP contribution is -2.48. The van der Waals surface area contributed by atoms with Gasteiger partial charge >= 0.3 is 0 Å². The normalized spacial score (nSPS) is 17.2. The van der Waals surface area contributed by atoms with Crippen molar-refractivity contribution in [1.82, 2.24) is 0 Å². The van der Waals surface area contributed by atoms with Gasteiger partial charge in [-0.1, -0.05) is 42.9 Å². The second-order valence-corrected chi connectivity index (χ2v) is 8.33. The minimum absolute atomic E-state index is 0.495. The molecule has 1 heterocycles. The van der Waals surface area contributed by atoms with Crippen LogP contribution in [0.5, 0.6) is 0 Å². The Bertz CT molecular complexity index is 639. The van der Waals surface area contributed by atoms with Crippen molar-refractivity contribution in [1.29, 1.82) is 0 Å². The van der Waals surface area contributed by atoms with Crippen LogP contribution in [0, 0.1) is 0 Å². The summed E-state index contributed by atoms with van der Waals surface area (Å²) in [5.74, 6) is 0. The van der Waals surface area contributed by atoms with E-state index in [0.29, 0.717) is 9.79 Å². The number of sulfone groups is 1. The number of hydrogen-bond donors (Lipinski definition) is 0. The third-order valence-corrected chi connectivity index (χ3v) is 7.88. The summed E-state index contributed by atoms with van der Waals surface area (Å²) in [6.07, 6.45) is 0. The van der Waals surface area contributed by atoms with E-state index in [1.807, 2.05) is 24.3 Å². The molecule has 0 unspecified atom stereocenters. The Balaban J connectivity index is 2.42. The van der Waals surface area contributed by atoms with Crippen molar-refractivity contribution in [2.75, 3.05) is 0 Å². The van der Waals surface area contributed by atoms with Crippen LogP contribution in [0.4, 0.5) is 0 Å². The molecule has 1 aliphatic heterocycles. The largest absolute Gasteiger partial charge is 0.219 e. The number of benzene rings is 2. The Labute approximate surface area is 102 Å². The molecule has 85 valence electrons. The lowest BCUT2D eigenvalue weighted by molar-refractivity contribution is 0.597. The SMILES string of the molecule is C[Si]1c2ccccc2S(=O)(=O)c2ccccc21. The van der Waals surface area contributed by atoms with Gasteiger partial charge in [0.25, 0.3) is 0 Å². The van der Waals surface area contributed by atoms with Gasteiger partial charge in [-0.25, -0.2) is 8.42 Å². The van der Waals surface area contributed by atoms with Gasteiger partial charge in [0.15, 0.2) is 0 Å². The molecule has 1 aliphatic rings. The molecule has 0 fully saturated rings. The van der Waals surface area contributed by atoms with Crippen molar-refractivity contribution in [3.63, 3.8) is 0 Å². The van der Waals surface area contributed by atoms with Crippen LogP contribution in [0.2, 0.25) is 6.55 Å². The second-order valence-electron chi connectivity index (χ2n) is 4.12. The van der Waals surface area contributed by atoms with Crippen molar-refractivity contribution in [3.05, 3.63) is 48.5 Å². The summed E-state index contributed by atoms with van der Waals surface area (Å²) in [6, 6.07) is 14.7. The van der Waals surface area contributed by atoms with Crippen molar-refractivity contribution >= 4 is 29.0 Å². The van der Waals surface area contributed by atoms with Gasteiger partial charge in [0, 0.05) is 0 Å². The monoisotopic (exact) mass is 259 g/mol. The molecule has 17 heavy (non-hydrogen) atoms. The molecule has 1 radical (unpaired) electrons. The van der Waals surface area contributed by atoms with Gasteiger partial charge in [-0.05, 0) is 22.5 Å². The molecular formula is C13H11O2SSi. The number of hydrogen-bond acceptors (Lipinski definition) is 2. The average molecular weight is 259 g/mol. The van der Waals surface area contributed by atoms with Crippen LogP contribution in [0.3, 0.4) is 0 Å². The molecule has 0 spiro atoms. The molecule has 0 saturated carbocycles. The highest BCUT2D eigenvalue weighted by Gasteiger charge is 2.33. The van der Waals surface area contributed by atoms with Crippen LogP contribution in [0.15, 0.2) is 58.3 Å². The average Bonchev–Trinajstić information content (AvgIpc) is 2.37. The minimum Gasteiger partial charge on any atom is -0.219 e. The summed E-state index contributed by atoms with van der Waals surface area (Å²) in [4.78, 5) is 0.991. The third-order valence-electron chi connectivity index (χ3n) is 3.16. The number of rotatable bonds is 0. The topological polar surface area (TPSA) is 34.1 Å². The molecule has 2 aromatic rings. The Morgan fingerprint density at radius 1 is 0.824 bits per heavy atom. The van der Waals surface area contributed by atoms with E-state index in [4.69, 9.17) is 0 Å². The highest BCUT2D eigenvalue weighted by molar-refractivity contribution is 7.92. The maximum atomic E-state index is 12.5. The van der Waals surface area contributed by atoms with E-state index in [1.165, 1.54) is 0 Å². The molecular weight excluding hydrogens is 248 g/mol. The molecule has 4 heteroatoms. The zero-order chi connectivity index (χ0) is 12.0. The Morgan fingerprint density at radius 2 is 1.24 bits per heavy atom. The molecule has 3 rings (SSSR count). The standard InChI is InChI=1S/C13H11O2SSi/c1-17-12-8-4-2-6-10(12)16(14,15)11-7-3-5-9-13(11)17/h2-9H,1H3. The summed E-state index contributed by atoms with van der Waals surface area (Å²) in [5.41, 5.74) is 0. The first-order valence-electron chi connectivity index (χ1n) is 5.40. The molecule has 0 atom stereocenters. The molecule has 0 N–H and O–H groups in total. The van der Waals surface area contributed by atoms with Gasteiger partial charge in [0.2, 0.25) is 9.84 Å². The van der Waals surface area contributed by atoms with Gasteiger partial charge in [-0.15, -0.1) is 0 Å². The Morgan fingerprint density at radius 3 is 1.71 bits per heavy atom. The zero-order valence-corrected chi connectivity index (χ0v) is 11.2. The van der Waals surface area contributed by atoms with E-state index >= 15 is 0 Å². The van der Waals surface area contributed by atoms with Crippen molar-refractivity contribution < 1.29 is 8.42 Å². The maximum Gasteiger partial charge on any atom is 0.206 e. The molecule has 0 bridgehead atoms. The minimum atomic E-state index is -3.31. The quantitative estimate of drug-likeness (QED) is 0.663. The summed E-state index contributed by atoms with van der Waals surface area (Å²) in [6.45, 7) is 2.15. The lowest BCUT2D eigenvalue weighted by atomic mass is 10.3. The predicted octanol–water partition coefficient (Wildman–Crippen LogP) is 1.07. The zero-order valence-electron chi connectivity index (χ0n) is 9.34. The van der Waals surface area contributed by atoms with Crippen LogP contribution < -0.4 is 10.4 Å². The van der Waals surface area contributed by atoms with Gasteiger partial charge in [-0.2, -0.15) is 0 Å². The predicted molar refractivity (Wildman–Crippen MR) is 69.2 cm³/mol. The summed E-state index contributed by atoms with van der Waals surface area (Å²) in [5, 5.41) is 1.99. The summed E-state index contributed by atoms with van der Waals surface area (Å²) in [7, 11) is -4.26. The maximum absolute atomic E-state index is 12.5. The van der Waals surface area contributed by atoms with Crippen LogP contribution in [-0.2, 0) is 9.84 Å². The van der Waals surface area contributed by atoms with Crippen LogP contribution in [0.1, 0.15) is 0 Å². The van der Waals surface area contributed by atoms with Crippen LogP contribution >= 0.6 is 0 Å². The van der Waals surface area contributed by atoms with Crippen LogP contribution in [0.25, 0.3) is 0 Å². The molecule has 2 aromatic carbocycles. The van der Waals surface area contributed by atoms with E-state index in [1.54, 1.807) is 24.3 Å². The van der Waals surface area contributed by atoms with E-state index in [0.717, 1.165) is 10.4 Å². The second kappa shape index (κ2) is 3.55. The summed E-state index contributed by atoms with van der Waals surface area (Å²) >= 11 is 0. The molecule has 0 aliphatic carbocycles. The van der Waals surface area contributed by atoms with E-state index < -0.39 is 18.6 Å². The van der Waals surface area contributed by atoms with Crippen molar-refractivity contribution in [3.8, 4) is 0 Å². The fourth-order valence-electron chi connectivity index (χ4n) is 2.29. The highest BCUT2D eigenvalue weighted by atomic mass is 32.2. The molecule has 0 saturated heterocycles. The van der Waals surface area contributed by atoms with Crippen molar-refractivity contribution in [2.45, 2.75) is 16.3 Å². The van der Waals surface area contributed by atoms with E-state index in [2.05, 4.69) is 6.55 Å². The molecule has 0 amide bonds. The fourth-order valence-corrected chi connectivity index (χ4v) is 7.37. The lowest BCUT2D eigenvalue weighted by Gasteiger charge is -2.24. The highest BCUT2D eigenvalue weighted by Crippen LogP contribution is 2.22. The smallest absolute Gasteiger partial charge is 0.206 e. The first-order chi connectivity index (χ1) is 8.12. The van der Waals surface area contributed by atoms with E-state index in [-0.39, 0.29) is 0 Å². The van der Waals surface area contributed by atoms with E-state index in [9.17, 15) is 8.42 Å². The van der Waals surface area contributed by atoms with Gasteiger partial charge in [0.05, 0.1) is 9.79 Å². The van der Waals surface area contributed by atoms with Gasteiger partial charge in [0.1, 0.15) is 8.80 Å². The molecule has 2 nitrogen and oxygen atoms in total. The third kappa shape index (κ3) is 1.41. The fraction of sp³-hybridized carbons (Fsp3) is 0.0769. The van der Waals surface area contributed by atoms with Crippen molar-refractivity contribution in [2.24, 2.45) is 0 Å². The Kier molecular flexibility index (Phi) is 2.24. The number of fused-ring (bicyclic) bond motifs is 2. The first kappa shape index (κ1) is 10.7. The molecule has 0 aromatic heterocycles. The van der Waals surface area contributed by atoms with Crippen LogP contribution in [-0.4, -0.2) is 17.2 Å².